The molecule has 3 aromatic carbocycles. The first-order valence-corrected chi connectivity index (χ1v) is 12.9. The molecule has 4 rings (SSSR count). The fourth-order valence-electron chi connectivity index (χ4n) is 4.45. The minimum atomic E-state index is -4.63. The number of rotatable bonds is 11. The highest BCUT2D eigenvalue weighted by molar-refractivity contribution is 5.90. The summed E-state index contributed by atoms with van der Waals surface area (Å²) in [6.07, 6.45) is -2.55. The number of furan rings is 1. The number of nitrogens with zero attached hydrogens (tertiary/aromatic N) is 1. The number of carbonyl (C=O) groups excluding carboxylic acids is 2. The van der Waals surface area contributed by atoms with E-state index in [-0.39, 0.29) is 37.0 Å². The minimum absolute atomic E-state index is 0.00954. The van der Waals surface area contributed by atoms with Crippen LogP contribution in [-0.2, 0) is 17.5 Å². The normalized spacial score (nSPS) is 11.3. The monoisotopic (exact) mass is 549 g/mol. The van der Waals surface area contributed by atoms with Crippen molar-refractivity contribution in [3.8, 4) is 0 Å². The fraction of sp³-hybridized carbons (Fsp3) is 0.226. The zero-order valence-electron chi connectivity index (χ0n) is 21.7. The molecule has 3 amide bonds. The number of hydrogen-bond acceptors (Lipinski definition) is 3. The maximum atomic E-state index is 13.4. The summed E-state index contributed by atoms with van der Waals surface area (Å²) < 4.78 is 45.6. The number of benzene rings is 3. The van der Waals surface area contributed by atoms with Crippen LogP contribution < -0.4 is 10.6 Å². The smallest absolute Gasteiger partial charge is 0.418 e. The molecule has 0 saturated carbocycles. The van der Waals surface area contributed by atoms with Gasteiger partial charge in [0.25, 0.3) is 0 Å². The van der Waals surface area contributed by atoms with Crippen LogP contribution in [0, 0.1) is 0 Å². The molecule has 0 spiro atoms. The van der Waals surface area contributed by atoms with Crippen LogP contribution in [0.3, 0.4) is 0 Å². The summed E-state index contributed by atoms with van der Waals surface area (Å²) in [5, 5.41) is 5.26. The van der Waals surface area contributed by atoms with Gasteiger partial charge in [-0.2, -0.15) is 13.2 Å². The van der Waals surface area contributed by atoms with Gasteiger partial charge in [0, 0.05) is 25.4 Å². The Hall–Kier alpha value is -4.53. The van der Waals surface area contributed by atoms with Gasteiger partial charge in [0.1, 0.15) is 5.76 Å². The van der Waals surface area contributed by atoms with E-state index in [9.17, 15) is 22.8 Å². The summed E-state index contributed by atoms with van der Waals surface area (Å²) in [5.41, 5.74) is 0.971. The van der Waals surface area contributed by atoms with Crippen molar-refractivity contribution in [2.75, 3.05) is 18.4 Å². The van der Waals surface area contributed by atoms with Crippen LogP contribution in [0.4, 0.5) is 23.7 Å². The van der Waals surface area contributed by atoms with Crippen molar-refractivity contribution in [2.24, 2.45) is 0 Å². The lowest BCUT2D eigenvalue weighted by atomic mass is 9.88. The first-order chi connectivity index (χ1) is 19.3. The van der Waals surface area contributed by atoms with Crippen LogP contribution in [0.25, 0.3) is 0 Å². The molecule has 40 heavy (non-hydrogen) atoms. The van der Waals surface area contributed by atoms with E-state index in [4.69, 9.17) is 4.42 Å². The third-order valence-electron chi connectivity index (χ3n) is 6.46. The van der Waals surface area contributed by atoms with E-state index in [1.807, 2.05) is 36.4 Å². The third-order valence-corrected chi connectivity index (χ3v) is 6.46. The Bertz CT molecular complexity index is 1320. The largest absolute Gasteiger partial charge is 0.467 e. The summed E-state index contributed by atoms with van der Waals surface area (Å²) in [4.78, 5) is 27.0. The Balaban J connectivity index is 1.37. The van der Waals surface area contributed by atoms with Gasteiger partial charge in [0.05, 0.1) is 24.1 Å². The van der Waals surface area contributed by atoms with Gasteiger partial charge in [-0.1, -0.05) is 72.8 Å². The van der Waals surface area contributed by atoms with Crippen molar-refractivity contribution in [1.82, 2.24) is 10.2 Å². The number of carbonyl (C=O) groups is 2. The van der Waals surface area contributed by atoms with Crippen molar-refractivity contribution in [2.45, 2.75) is 31.5 Å². The molecular formula is C31H30F3N3O3. The molecule has 0 saturated heterocycles. The fourth-order valence-corrected chi connectivity index (χ4v) is 4.45. The van der Waals surface area contributed by atoms with Crippen LogP contribution >= 0.6 is 0 Å². The number of urea groups is 1. The van der Waals surface area contributed by atoms with Gasteiger partial charge in [0.2, 0.25) is 5.91 Å². The lowest BCUT2D eigenvalue weighted by molar-refractivity contribution is -0.137. The van der Waals surface area contributed by atoms with Crippen LogP contribution in [0.15, 0.2) is 108 Å². The van der Waals surface area contributed by atoms with E-state index >= 15 is 0 Å². The molecule has 1 heterocycles. The molecule has 208 valence electrons. The van der Waals surface area contributed by atoms with E-state index in [1.54, 1.807) is 12.1 Å². The standard InChI is InChI=1S/C31H30F3N3O3/c32-31(33,34)27-15-7-8-16-28(27)36-30(39)37(22-25-14-9-21-40-25)20-18-29(38)35-19-17-26(23-10-3-1-4-11-23)24-12-5-2-6-13-24/h1-16,21,26H,17-20,22H2,(H,35,38)(H,36,39). The summed E-state index contributed by atoms with van der Waals surface area (Å²) in [5.74, 6) is 0.263. The molecule has 0 bridgehead atoms. The van der Waals surface area contributed by atoms with Crippen molar-refractivity contribution >= 4 is 17.6 Å². The van der Waals surface area contributed by atoms with E-state index in [0.29, 0.717) is 18.7 Å². The highest BCUT2D eigenvalue weighted by Crippen LogP contribution is 2.34. The molecule has 2 N–H and O–H groups in total. The molecule has 4 aromatic rings. The molecule has 9 heteroatoms. The molecule has 0 fully saturated rings. The molecule has 0 atom stereocenters. The second-order valence-corrected chi connectivity index (χ2v) is 9.24. The topological polar surface area (TPSA) is 74.6 Å². The second kappa shape index (κ2) is 13.5. The van der Waals surface area contributed by atoms with Gasteiger partial charge in [-0.05, 0) is 41.8 Å². The molecule has 1 aromatic heterocycles. The Labute approximate surface area is 230 Å². The molecule has 0 aliphatic rings. The van der Waals surface area contributed by atoms with Gasteiger partial charge >= 0.3 is 12.2 Å². The van der Waals surface area contributed by atoms with Crippen molar-refractivity contribution in [3.63, 3.8) is 0 Å². The van der Waals surface area contributed by atoms with Crippen LogP contribution in [0.1, 0.15) is 41.2 Å². The third kappa shape index (κ3) is 7.99. The highest BCUT2D eigenvalue weighted by Gasteiger charge is 2.34. The average Bonchev–Trinajstić information content (AvgIpc) is 3.47. The molecule has 0 aliphatic heterocycles. The van der Waals surface area contributed by atoms with Gasteiger partial charge in [-0.3, -0.25) is 4.79 Å². The number of nitrogens with one attached hydrogen (secondary N) is 2. The predicted octanol–water partition coefficient (Wildman–Crippen LogP) is 7.06. The van der Waals surface area contributed by atoms with Crippen LogP contribution in [0.5, 0.6) is 0 Å². The Morgan fingerprint density at radius 2 is 1.45 bits per heavy atom. The molecule has 0 aliphatic carbocycles. The maximum Gasteiger partial charge on any atom is 0.418 e. The van der Waals surface area contributed by atoms with Crippen molar-refractivity contribution in [3.05, 3.63) is 126 Å². The van der Waals surface area contributed by atoms with Gasteiger partial charge in [-0.15, -0.1) is 0 Å². The lowest BCUT2D eigenvalue weighted by Gasteiger charge is -2.23. The SMILES string of the molecule is O=C(CCN(Cc1ccco1)C(=O)Nc1ccccc1C(F)(F)F)NCCC(c1ccccc1)c1ccccc1. The quantitative estimate of drug-likeness (QED) is 0.210. The number of hydrogen-bond donors (Lipinski definition) is 2. The Kier molecular flexibility index (Phi) is 9.62. The average molecular weight is 550 g/mol. The van der Waals surface area contributed by atoms with E-state index in [1.165, 1.54) is 29.4 Å². The molecule has 0 unspecified atom stereocenters. The first-order valence-electron chi connectivity index (χ1n) is 12.9. The summed E-state index contributed by atoms with van der Waals surface area (Å²) in [6, 6.07) is 27.4. The predicted molar refractivity (Wildman–Crippen MR) is 147 cm³/mol. The number of halogens is 3. The van der Waals surface area contributed by atoms with Crippen molar-refractivity contribution in [1.29, 1.82) is 0 Å². The molecular weight excluding hydrogens is 519 g/mol. The van der Waals surface area contributed by atoms with Crippen LogP contribution in [-0.4, -0.2) is 29.9 Å². The molecule has 6 nitrogen and oxygen atoms in total. The maximum absolute atomic E-state index is 13.4. The minimum Gasteiger partial charge on any atom is -0.467 e. The number of para-hydroxylation sites is 1. The van der Waals surface area contributed by atoms with E-state index in [2.05, 4.69) is 34.9 Å². The number of amides is 3. The Morgan fingerprint density at radius 3 is 2.05 bits per heavy atom. The second-order valence-electron chi connectivity index (χ2n) is 9.24. The zero-order chi connectivity index (χ0) is 28.4. The van der Waals surface area contributed by atoms with Gasteiger partial charge in [-0.25, -0.2) is 4.79 Å². The molecule has 0 radical (unpaired) electrons. The summed E-state index contributed by atoms with van der Waals surface area (Å²) in [7, 11) is 0. The zero-order valence-corrected chi connectivity index (χ0v) is 21.7. The number of anilines is 1. The number of alkyl halides is 3. The summed E-state index contributed by atoms with van der Waals surface area (Å²) >= 11 is 0. The van der Waals surface area contributed by atoms with E-state index in [0.717, 1.165) is 17.2 Å². The van der Waals surface area contributed by atoms with Crippen LogP contribution in [0.2, 0.25) is 0 Å². The highest BCUT2D eigenvalue weighted by atomic mass is 19.4. The van der Waals surface area contributed by atoms with Crippen molar-refractivity contribution < 1.29 is 27.2 Å². The van der Waals surface area contributed by atoms with Gasteiger partial charge < -0.3 is 20.0 Å². The van der Waals surface area contributed by atoms with Gasteiger partial charge in [0.15, 0.2) is 0 Å². The summed E-state index contributed by atoms with van der Waals surface area (Å²) in [6.45, 7) is 0.383. The lowest BCUT2D eigenvalue weighted by Crippen LogP contribution is -2.38. The first kappa shape index (κ1) is 28.5. The van der Waals surface area contributed by atoms with E-state index < -0.39 is 17.8 Å². The Morgan fingerprint density at radius 1 is 0.825 bits per heavy atom.